The quantitative estimate of drug-likeness (QED) is 0.759. The summed E-state index contributed by atoms with van der Waals surface area (Å²) in [7, 11) is -2.53. The predicted octanol–water partition coefficient (Wildman–Crippen LogP) is 1.39. The van der Waals surface area contributed by atoms with Gasteiger partial charge in [0.2, 0.25) is 10.0 Å². The van der Waals surface area contributed by atoms with Crippen molar-refractivity contribution in [1.82, 2.24) is 10.0 Å². The van der Waals surface area contributed by atoms with E-state index in [1.54, 1.807) is 20.9 Å². The Morgan fingerprint density at radius 1 is 1.33 bits per heavy atom. The minimum absolute atomic E-state index is 0.149. The molecule has 1 rings (SSSR count). The number of halogens is 2. The predicted molar refractivity (Wildman–Crippen MR) is 75.4 cm³/mol. The summed E-state index contributed by atoms with van der Waals surface area (Å²) in [5, 5.41) is 2.75. The highest BCUT2D eigenvalue weighted by Gasteiger charge is 2.24. The van der Waals surface area contributed by atoms with Crippen molar-refractivity contribution >= 4 is 10.0 Å². The first-order chi connectivity index (χ1) is 9.81. The maximum Gasteiger partial charge on any atom is 0.243 e. The molecule has 2 N–H and O–H groups in total. The second-order valence-corrected chi connectivity index (χ2v) is 6.28. The Bertz CT molecular complexity index is 579. The Labute approximate surface area is 123 Å². The SMILES string of the molecule is CCOCC(C)NS(=O)(=O)c1cc(CNC)cc(F)c1F. The first kappa shape index (κ1) is 18.0. The van der Waals surface area contributed by atoms with Crippen LogP contribution in [0.4, 0.5) is 8.78 Å². The Balaban J connectivity index is 3.06. The minimum Gasteiger partial charge on any atom is -0.380 e. The van der Waals surface area contributed by atoms with Crippen molar-refractivity contribution in [3.05, 3.63) is 29.3 Å². The van der Waals surface area contributed by atoms with Gasteiger partial charge in [-0.3, -0.25) is 0 Å². The molecule has 0 aromatic heterocycles. The number of sulfonamides is 1. The Morgan fingerprint density at radius 2 is 2.00 bits per heavy atom. The average Bonchev–Trinajstić information content (AvgIpc) is 2.40. The van der Waals surface area contributed by atoms with Gasteiger partial charge in [-0.2, -0.15) is 0 Å². The van der Waals surface area contributed by atoms with Gasteiger partial charge in [0.15, 0.2) is 11.6 Å². The first-order valence-electron chi connectivity index (χ1n) is 6.54. The van der Waals surface area contributed by atoms with Crippen LogP contribution in [0.3, 0.4) is 0 Å². The van der Waals surface area contributed by atoms with Gasteiger partial charge in [-0.05, 0) is 38.6 Å². The highest BCUT2D eigenvalue weighted by Crippen LogP contribution is 2.20. The zero-order valence-electron chi connectivity index (χ0n) is 12.2. The Morgan fingerprint density at radius 3 is 2.57 bits per heavy atom. The van der Waals surface area contributed by atoms with Crippen molar-refractivity contribution in [1.29, 1.82) is 0 Å². The molecular formula is C13H20F2N2O3S. The topological polar surface area (TPSA) is 67.4 Å². The number of rotatable bonds is 8. The lowest BCUT2D eigenvalue weighted by molar-refractivity contribution is 0.133. The third kappa shape index (κ3) is 4.99. The molecule has 0 amide bonds. The fourth-order valence-electron chi connectivity index (χ4n) is 1.78. The molecule has 5 nitrogen and oxygen atoms in total. The number of hydrogen-bond donors (Lipinski definition) is 2. The lowest BCUT2D eigenvalue weighted by atomic mass is 10.2. The van der Waals surface area contributed by atoms with E-state index in [4.69, 9.17) is 4.74 Å². The summed E-state index contributed by atoms with van der Waals surface area (Å²) in [5.74, 6) is -2.58. The van der Waals surface area contributed by atoms with Gasteiger partial charge in [0.1, 0.15) is 4.90 Å². The van der Waals surface area contributed by atoms with Crippen molar-refractivity contribution < 1.29 is 21.9 Å². The fraction of sp³-hybridized carbons (Fsp3) is 0.538. The van der Waals surface area contributed by atoms with Gasteiger partial charge in [-0.15, -0.1) is 0 Å². The third-order valence-electron chi connectivity index (χ3n) is 2.65. The van der Waals surface area contributed by atoms with Crippen molar-refractivity contribution in [2.24, 2.45) is 0 Å². The van der Waals surface area contributed by atoms with E-state index in [1.807, 2.05) is 0 Å². The standard InChI is InChI=1S/C13H20F2N2O3S/c1-4-20-8-9(2)17-21(18,19)12-6-10(7-16-3)5-11(14)13(12)15/h5-6,9,16-17H,4,7-8H2,1-3H3. The van der Waals surface area contributed by atoms with E-state index in [1.165, 1.54) is 0 Å². The van der Waals surface area contributed by atoms with Gasteiger partial charge in [0, 0.05) is 19.2 Å². The van der Waals surface area contributed by atoms with Crippen LogP contribution in [0.15, 0.2) is 17.0 Å². The molecule has 0 saturated carbocycles. The molecule has 1 aromatic carbocycles. The van der Waals surface area contributed by atoms with Gasteiger partial charge < -0.3 is 10.1 Å². The summed E-state index contributed by atoms with van der Waals surface area (Å²) in [4.78, 5) is -0.698. The molecule has 0 radical (unpaired) electrons. The van der Waals surface area contributed by atoms with E-state index in [2.05, 4.69) is 10.0 Å². The minimum atomic E-state index is -4.16. The molecular weight excluding hydrogens is 302 g/mol. The van der Waals surface area contributed by atoms with Crippen LogP contribution in [-0.2, 0) is 21.3 Å². The molecule has 0 fully saturated rings. The largest absolute Gasteiger partial charge is 0.380 e. The molecule has 0 aliphatic heterocycles. The maximum atomic E-state index is 13.8. The lowest BCUT2D eigenvalue weighted by Gasteiger charge is -2.15. The molecule has 0 heterocycles. The van der Waals surface area contributed by atoms with Crippen molar-refractivity contribution in [3.8, 4) is 0 Å². The van der Waals surface area contributed by atoms with Gasteiger partial charge in [0.25, 0.3) is 0 Å². The van der Waals surface area contributed by atoms with Crippen LogP contribution < -0.4 is 10.0 Å². The summed E-state index contributed by atoms with van der Waals surface area (Å²) in [6, 6.07) is 1.53. The maximum absolute atomic E-state index is 13.8. The summed E-state index contributed by atoms with van der Waals surface area (Å²) >= 11 is 0. The lowest BCUT2D eigenvalue weighted by Crippen LogP contribution is -2.36. The van der Waals surface area contributed by atoms with E-state index < -0.39 is 32.6 Å². The fourth-order valence-corrected chi connectivity index (χ4v) is 3.14. The van der Waals surface area contributed by atoms with Crippen LogP contribution in [-0.4, -0.2) is 34.7 Å². The Kier molecular flexibility index (Phi) is 6.66. The second-order valence-electron chi connectivity index (χ2n) is 4.60. The van der Waals surface area contributed by atoms with Crippen molar-refractivity contribution in [2.45, 2.75) is 31.3 Å². The number of benzene rings is 1. The molecule has 1 unspecified atom stereocenters. The molecule has 120 valence electrons. The van der Waals surface area contributed by atoms with E-state index in [0.717, 1.165) is 12.1 Å². The monoisotopic (exact) mass is 322 g/mol. The number of nitrogens with one attached hydrogen (secondary N) is 2. The number of hydrogen-bond acceptors (Lipinski definition) is 4. The summed E-state index contributed by atoms with van der Waals surface area (Å²) in [5.41, 5.74) is 0.342. The van der Waals surface area contributed by atoms with Gasteiger partial charge in [-0.1, -0.05) is 0 Å². The van der Waals surface area contributed by atoms with Crippen LogP contribution in [0, 0.1) is 11.6 Å². The highest BCUT2D eigenvalue weighted by molar-refractivity contribution is 7.89. The second kappa shape index (κ2) is 7.79. The summed E-state index contributed by atoms with van der Waals surface area (Å²) in [6.07, 6.45) is 0. The molecule has 0 aliphatic carbocycles. The molecule has 0 bridgehead atoms. The number of ether oxygens (including phenoxy) is 1. The van der Waals surface area contributed by atoms with Gasteiger partial charge in [0.05, 0.1) is 6.61 Å². The van der Waals surface area contributed by atoms with Gasteiger partial charge in [-0.25, -0.2) is 21.9 Å². The normalized spacial score (nSPS) is 13.4. The smallest absolute Gasteiger partial charge is 0.243 e. The first-order valence-corrected chi connectivity index (χ1v) is 8.02. The van der Waals surface area contributed by atoms with Crippen LogP contribution in [0.5, 0.6) is 0 Å². The highest BCUT2D eigenvalue weighted by atomic mass is 32.2. The van der Waals surface area contributed by atoms with E-state index in [-0.39, 0.29) is 13.2 Å². The zero-order valence-corrected chi connectivity index (χ0v) is 13.1. The molecule has 1 aromatic rings. The summed E-state index contributed by atoms with van der Waals surface area (Å²) < 4.78 is 58.9. The molecule has 21 heavy (non-hydrogen) atoms. The van der Waals surface area contributed by atoms with E-state index >= 15 is 0 Å². The zero-order chi connectivity index (χ0) is 16.0. The molecule has 1 atom stereocenters. The van der Waals surface area contributed by atoms with E-state index in [0.29, 0.717) is 12.2 Å². The third-order valence-corrected chi connectivity index (χ3v) is 4.24. The molecule has 0 aliphatic rings. The molecule has 0 saturated heterocycles. The van der Waals surface area contributed by atoms with Crippen LogP contribution >= 0.6 is 0 Å². The van der Waals surface area contributed by atoms with Crippen molar-refractivity contribution in [2.75, 3.05) is 20.3 Å². The molecule has 0 spiro atoms. The van der Waals surface area contributed by atoms with Crippen LogP contribution in [0.25, 0.3) is 0 Å². The van der Waals surface area contributed by atoms with Gasteiger partial charge >= 0.3 is 0 Å². The van der Waals surface area contributed by atoms with Crippen LogP contribution in [0.2, 0.25) is 0 Å². The Hall–Kier alpha value is -1.09. The average molecular weight is 322 g/mol. The molecule has 8 heteroatoms. The van der Waals surface area contributed by atoms with E-state index in [9.17, 15) is 17.2 Å². The van der Waals surface area contributed by atoms with Crippen molar-refractivity contribution in [3.63, 3.8) is 0 Å². The summed E-state index contributed by atoms with van der Waals surface area (Å²) in [6.45, 7) is 4.17. The van der Waals surface area contributed by atoms with Crippen LogP contribution in [0.1, 0.15) is 19.4 Å².